The summed E-state index contributed by atoms with van der Waals surface area (Å²) in [6.45, 7) is 1.38. The summed E-state index contributed by atoms with van der Waals surface area (Å²) in [4.78, 5) is 26.3. The largest absolute Gasteiger partial charge is 0.384 e. The Hall–Kier alpha value is -2.66. The predicted octanol–water partition coefficient (Wildman–Crippen LogP) is 1.87. The Morgan fingerprint density at radius 1 is 1.13 bits per heavy atom. The number of nitrogens with zero attached hydrogens (tertiary/aromatic N) is 1. The topological polar surface area (TPSA) is 69.6 Å². The van der Waals surface area contributed by atoms with E-state index in [4.69, 9.17) is 0 Å². The minimum Gasteiger partial charge on any atom is -0.384 e. The summed E-state index contributed by atoms with van der Waals surface area (Å²) in [5.74, 6) is -0.811. The Balaban J connectivity index is 2.17. The van der Waals surface area contributed by atoms with E-state index in [2.05, 4.69) is 5.32 Å². The zero-order valence-corrected chi connectivity index (χ0v) is 13.0. The molecule has 2 amide bonds. The predicted molar refractivity (Wildman–Crippen MR) is 87.9 cm³/mol. The molecule has 0 radical (unpaired) electrons. The normalized spacial score (nSPS) is 17.8. The fraction of sp³-hybridized carbons (Fsp3) is 0.222. The van der Waals surface area contributed by atoms with E-state index in [-0.39, 0.29) is 5.91 Å². The molecule has 1 aliphatic heterocycles. The Morgan fingerprint density at radius 3 is 2.43 bits per heavy atom. The summed E-state index contributed by atoms with van der Waals surface area (Å²) in [7, 11) is 1.69. The molecule has 0 aromatic heterocycles. The molecule has 5 heteroatoms. The van der Waals surface area contributed by atoms with Gasteiger partial charge in [0.05, 0.1) is 5.69 Å². The Kier molecular flexibility index (Phi) is 3.88. The van der Waals surface area contributed by atoms with Gasteiger partial charge in [0.15, 0.2) is 0 Å². The van der Waals surface area contributed by atoms with Crippen LogP contribution in [0.15, 0.2) is 48.5 Å². The lowest BCUT2D eigenvalue weighted by atomic mass is 9.95. The van der Waals surface area contributed by atoms with Crippen LogP contribution in [-0.4, -0.2) is 30.1 Å². The van der Waals surface area contributed by atoms with Crippen LogP contribution in [0.25, 0.3) is 11.1 Å². The number of aliphatic hydroxyl groups excluding tert-OH is 1. The molecule has 23 heavy (non-hydrogen) atoms. The average molecular weight is 310 g/mol. The van der Waals surface area contributed by atoms with Crippen LogP contribution < -0.4 is 10.2 Å². The molecule has 2 N–H and O–H groups in total. The zero-order chi connectivity index (χ0) is 16.6. The van der Waals surface area contributed by atoms with Crippen molar-refractivity contribution in [2.45, 2.75) is 19.1 Å². The Bertz CT molecular complexity index is 770. The number of hydrogen-bond acceptors (Lipinski definition) is 3. The van der Waals surface area contributed by atoms with Crippen molar-refractivity contribution in [2.24, 2.45) is 0 Å². The summed E-state index contributed by atoms with van der Waals surface area (Å²) in [6.07, 6.45) is -1.18. The molecule has 2 atom stereocenters. The molecule has 2 aromatic carbocycles. The maximum absolute atomic E-state index is 12.9. The van der Waals surface area contributed by atoms with Crippen LogP contribution in [0.1, 0.15) is 18.5 Å². The van der Waals surface area contributed by atoms with Gasteiger partial charge >= 0.3 is 0 Å². The third-order valence-corrected chi connectivity index (χ3v) is 4.07. The maximum Gasteiger partial charge on any atom is 0.253 e. The van der Waals surface area contributed by atoms with E-state index in [1.54, 1.807) is 11.9 Å². The average Bonchev–Trinajstić information content (AvgIpc) is 2.65. The van der Waals surface area contributed by atoms with E-state index < -0.39 is 18.1 Å². The summed E-state index contributed by atoms with van der Waals surface area (Å²) in [6, 6.07) is 14.3. The van der Waals surface area contributed by atoms with Gasteiger partial charge in [-0.25, -0.2) is 0 Å². The number of nitrogens with one attached hydrogen (secondary N) is 1. The van der Waals surface area contributed by atoms with Gasteiger partial charge in [-0.05, 0) is 24.1 Å². The number of anilines is 1. The van der Waals surface area contributed by atoms with Gasteiger partial charge in [-0.3, -0.25) is 9.59 Å². The second-order valence-electron chi connectivity index (χ2n) is 5.62. The number of likely N-dealkylation sites (N-methyl/N-ethyl adjacent to an activating group) is 1. The number of fused-ring (bicyclic) bond motifs is 3. The van der Waals surface area contributed by atoms with E-state index in [0.29, 0.717) is 0 Å². The summed E-state index contributed by atoms with van der Waals surface area (Å²) in [5, 5.41) is 12.1. The molecular weight excluding hydrogens is 292 g/mol. The monoisotopic (exact) mass is 310 g/mol. The van der Waals surface area contributed by atoms with Gasteiger partial charge in [0.2, 0.25) is 5.91 Å². The standard InChI is InChI=1S/C18H18N2O3/c1-11(21)17(22)19-16-14-9-4-3-7-12(14)13-8-5-6-10-15(13)20(2)18(16)23/h3-11,16,21H,1-2H3,(H,19,22)/t11-,16-/m0/s1. The molecule has 0 fully saturated rings. The van der Waals surface area contributed by atoms with Gasteiger partial charge in [0, 0.05) is 12.6 Å². The molecule has 1 heterocycles. The number of carbonyl (C=O) groups excluding carboxylic acids is 2. The molecule has 0 aliphatic carbocycles. The molecule has 0 spiro atoms. The van der Waals surface area contributed by atoms with Crippen molar-refractivity contribution in [3.05, 3.63) is 54.1 Å². The fourth-order valence-corrected chi connectivity index (χ4v) is 2.84. The van der Waals surface area contributed by atoms with Crippen molar-refractivity contribution in [1.82, 2.24) is 5.32 Å². The number of rotatable bonds is 2. The van der Waals surface area contributed by atoms with E-state index in [9.17, 15) is 14.7 Å². The van der Waals surface area contributed by atoms with Crippen LogP contribution in [0.3, 0.4) is 0 Å². The second kappa shape index (κ2) is 5.85. The minimum absolute atomic E-state index is 0.239. The second-order valence-corrected chi connectivity index (χ2v) is 5.62. The molecule has 0 saturated heterocycles. The highest BCUT2D eigenvalue weighted by atomic mass is 16.3. The quantitative estimate of drug-likeness (QED) is 0.889. The van der Waals surface area contributed by atoms with E-state index >= 15 is 0 Å². The highest BCUT2D eigenvalue weighted by Crippen LogP contribution is 2.39. The third-order valence-electron chi connectivity index (χ3n) is 4.07. The molecule has 0 bridgehead atoms. The van der Waals surface area contributed by atoms with Gasteiger partial charge in [-0.2, -0.15) is 0 Å². The van der Waals surface area contributed by atoms with E-state index in [1.807, 2.05) is 48.5 Å². The lowest BCUT2D eigenvalue weighted by Crippen LogP contribution is -2.43. The molecule has 1 aliphatic rings. The highest BCUT2D eigenvalue weighted by molar-refractivity contribution is 6.06. The Labute approximate surface area is 134 Å². The van der Waals surface area contributed by atoms with Crippen LogP contribution in [0.5, 0.6) is 0 Å². The van der Waals surface area contributed by atoms with Crippen molar-refractivity contribution in [3.63, 3.8) is 0 Å². The molecular formula is C18H18N2O3. The number of benzene rings is 2. The number of para-hydroxylation sites is 1. The van der Waals surface area contributed by atoms with Gasteiger partial charge in [0.25, 0.3) is 5.91 Å². The first kappa shape index (κ1) is 15.2. The van der Waals surface area contributed by atoms with Crippen LogP contribution in [0.4, 0.5) is 5.69 Å². The Morgan fingerprint density at radius 2 is 1.74 bits per heavy atom. The molecule has 0 unspecified atom stereocenters. The molecule has 0 saturated carbocycles. The van der Waals surface area contributed by atoms with Crippen molar-refractivity contribution < 1.29 is 14.7 Å². The number of aliphatic hydroxyl groups is 1. The fourth-order valence-electron chi connectivity index (χ4n) is 2.84. The van der Waals surface area contributed by atoms with Crippen molar-refractivity contribution in [1.29, 1.82) is 0 Å². The first-order valence-electron chi connectivity index (χ1n) is 7.45. The lowest BCUT2D eigenvalue weighted by molar-refractivity contribution is -0.132. The number of carbonyl (C=O) groups is 2. The van der Waals surface area contributed by atoms with Crippen LogP contribution in [-0.2, 0) is 9.59 Å². The SMILES string of the molecule is C[C@H](O)C(=O)N[C@@H]1C(=O)N(C)c2ccccc2-c2ccccc21. The highest BCUT2D eigenvalue weighted by Gasteiger charge is 2.33. The van der Waals surface area contributed by atoms with Gasteiger partial charge in [0.1, 0.15) is 12.1 Å². The van der Waals surface area contributed by atoms with Crippen LogP contribution in [0, 0.1) is 0 Å². The first-order chi connectivity index (χ1) is 11.0. The molecule has 3 rings (SSSR count). The van der Waals surface area contributed by atoms with Crippen molar-refractivity contribution in [2.75, 3.05) is 11.9 Å². The van der Waals surface area contributed by atoms with Crippen LogP contribution in [0.2, 0.25) is 0 Å². The lowest BCUT2D eigenvalue weighted by Gasteiger charge is -2.23. The van der Waals surface area contributed by atoms with Crippen LogP contribution >= 0.6 is 0 Å². The summed E-state index contributed by atoms with van der Waals surface area (Å²) in [5.41, 5.74) is 3.35. The number of hydrogen-bond donors (Lipinski definition) is 2. The van der Waals surface area contributed by atoms with Crippen molar-refractivity contribution >= 4 is 17.5 Å². The van der Waals surface area contributed by atoms with Crippen molar-refractivity contribution in [3.8, 4) is 11.1 Å². The zero-order valence-electron chi connectivity index (χ0n) is 13.0. The molecule has 118 valence electrons. The smallest absolute Gasteiger partial charge is 0.253 e. The van der Waals surface area contributed by atoms with E-state index in [1.165, 1.54) is 6.92 Å². The van der Waals surface area contributed by atoms with Gasteiger partial charge in [-0.1, -0.05) is 42.5 Å². The number of amides is 2. The minimum atomic E-state index is -1.18. The van der Waals surface area contributed by atoms with E-state index in [0.717, 1.165) is 22.4 Å². The summed E-state index contributed by atoms with van der Waals surface area (Å²) >= 11 is 0. The van der Waals surface area contributed by atoms with Gasteiger partial charge < -0.3 is 15.3 Å². The molecule has 2 aromatic rings. The maximum atomic E-state index is 12.9. The van der Waals surface area contributed by atoms with Gasteiger partial charge in [-0.15, -0.1) is 0 Å². The summed E-state index contributed by atoms with van der Waals surface area (Å²) < 4.78 is 0. The first-order valence-corrected chi connectivity index (χ1v) is 7.45. The third kappa shape index (κ3) is 2.59. The molecule has 5 nitrogen and oxygen atoms in total.